The molecule has 0 unspecified atom stereocenters. The van der Waals surface area contributed by atoms with Gasteiger partial charge in [0.1, 0.15) is 0 Å². The summed E-state index contributed by atoms with van der Waals surface area (Å²) in [5.74, 6) is 0. The van der Waals surface area contributed by atoms with Gasteiger partial charge in [-0.1, -0.05) is 90.0 Å². The summed E-state index contributed by atoms with van der Waals surface area (Å²) in [6.07, 6.45) is 23.8. The minimum absolute atomic E-state index is 0.104. The van der Waals surface area contributed by atoms with E-state index in [4.69, 9.17) is 19.9 Å². The van der Waals surface area contributed by atoms with E-state index in [1.54, 1.807) is 6.20 Å². The van der Waals surface area contributed by atoms with Gasteiger partial charge in [0.15, 0.2) is 0 Å². The second-order valence-corrected chi connectivity index (χ2v) is 7.52. The highest BCUT2D eigenvalue weighted by atomic mass is 16.9. The fourth-order valence-corrected chi connectivity index (χ4v) is 3.00. The van der Waals surface area contributed by atoms with Crippen LogP contribution in [-0.4, -0.2) is 41.9 Å². The first-order chi connectivity index (χ1) is 13.8. The van der Waals surface area contributed by atoms with Crippen molar-refractivity contribution in [3.63, 3.8) is 0 Å². The van der Waals surface area contributed by atoms with Crippen LogP contribution in [0.4, 0.5) is 0 Å². The molecule has 168 valence electrons. The summed E-state index contributed by atoms with van der Waals surface area (Å²) in [7, 11) is 0. The van der Waals surface area contributed by atoms with E-state index in [2.05, 4.69) is 13.0 Å². The minimum Gasteiger partial charge on any atom is -0.396 e. The van der Waals surface area contributed by atoms with Crippen LogP contribution in [0, 0.1) is 0 Å². The number of allylic oxidation sites excluding steroid dienone is 1. The predicted molar refractivity (Wildman–Crippen MR) is 117 cm³/mol. The Morgan fingerprint density at radius 1 is 0.607 bits per heavy atom. The molecule has 0 aliphatic carbocycles. The first-order valence-corrected chi connectivity index (χ1v) is 11.8. The SMILES string of the molecule is CCCCCCCCCCCCCCCC=CN(OCCCO)OCCCO. The molecule has 0 atom stereocenters. The van der Waals surface area contributed by atoms with Crippen molar-refractivity contribution in [1.82, 2.24) is 5.23 Å². The molecular formula is C23H47NO4. The Morgan fingerprint density at radius 2 is 1.04 bits per heavy atom. The van der Waals surface area contributed by atoms with Crippen LogP contribution >= 0.6 is 0 Å². The molecule has 0 aromatic heterocycles. The fraction of sp³-hybridized carbons (Fsp3) is 0.913. The number of rotatable bonds is 23. The van der Waals surface area contributed by atoms with Crippen molar-refractivity contribution in [2.45, 2.75) is 110 Å². The number of unbranched alkanes of at least 4 members (excludes halogenated alkanes) is 13. The van der Waals surface area contributed by atoms with Crippen LogP contribution in [-0.2, 0) is 9.68 Å². The molecule has 0 aromatic rings. The molecule has 0 heterocycles. The van der Waals surface area contributed by atoms with Gasteiger partial charge in [0, 0.05) is 13.2 Å². The maximum absolute atomic E-state index is 8.82. The van der Waals surface area contributed by atoms with E-state index in [9.17, 15) is 0 Å². The lowest BCUT2D eigenvalue weighted by molar-refractivity contribution is -0.337. The average Bonchev–Trinajstić information content (AvgIpc) is 2.70. The quantitative estimate of drug-likeness (QED) is 0.165. The second kappa shape index (κ2) is 24.4. The van der Waals surface area contributed by atoms with Crippen LogP contribution in [0.5, 0.6) is 0 Å². The van der Waals surface area contributed by atoms with E-state index < -0.39 is 0 Å². The number of aliphatic hydroxyl groups excluding tert-OH is 2. The third-order valence-electron chi connectivity index (χ3n) is 4.74. The molecule has 0 amide bonds. The molecule has 0 aliphatic heterocycles. The predicted octanol–water partition coefficient (Wildman–Crippen LogP) is 5.91. The van der Waals surface area contributed by atoms with Gasteiger partial charge in [-0.2, -0.15) is 0 Å². The van der Waals surface area contributed by atoms with Crippen molar-refractivity contribution in [1.29, 1.82) is 0 Å². The summed E-state index contributed by atoms with van der Waals surface area (Å²) >= 11 is 0. The first-order valence-electron chi connectivity index (χ1n) is 11.8. The van der Waals surface area contributed by atoms with E-state index in [0.717, 1.165) is 6.42 Å². The molecule has 2 N–H and O–H groups in total. The van der Waals surface area contributed by atoms with E-state index >= 15 is 0 Å². The summed E-state index contributed by atoms with van der Waals surface area (Å²) in [6, 6.07) is 0. The van der Waals surface area contributed by atoms with Crippen molar-refractivity contribution >= 4 is 0 Å². The molecule has 0 radical (unpaired) electrons. The Bertz CT molecular complexity index is 303. The van der Waals surface area contributed by atoms with Crippen LogP contribution < -0.4 is 0 Å². The standard InChI is InChI=1S/C23H47NO4/c1-2-3-4-5-6-7-8-9-10-11-12-13-14-15-16-19-24(27-22-17-20-25)28-23-18-21-26/h16,19,25-26H,2-15,17-18,20-23H2,1H3. The van der Waals surface area contributed by atoms with E-state index in [-0.39, 0.29) is 13.2 Å². The fourth-order valence-electron chi connectivity index (χ4n) is 3.00. The van der Waals surface area contributed by atoms with Crippen LogP contribution in [0.3, 0.4) is 0 Å². The monoisotopic (exact) mass is 401 g/mol. The molecule has 0 saturated heterocycles. The number of aliphatic hydroxyl groups is 2. The lowest BCUT2D eigenvalue weighted by Crippen LogP contribution is -2.20. The highest BCUT2D eigenvalue weighted by Gasteiger charge is 2.00. The third-order valence-corrected chi connectivity index (χ3v) is 4.74. The van der Waals surface area contributed by atoms with Gasteiger partial charge < -0.3 is 10.2 Å². The normalized spacial score (nSPS) is 11.5. The molecule has 0 rings (SSSR count). The molecule has 28 heavy (non-hydrogen) atoms. The lowest BCUT2D eigenvalue weighted by Gasteiger charge is -2.18. The molecule has 5 nitrogen and oxygen atoms in total. The number of hydrogen-bond acceptors (Lipinski definition) is 5. The molecular weight excluding hydrogens is 354 g/mol. The van der Waals surface area contributed by atoms with E-state index in [1.165, 1.54) is 88.7 Å². The molecule has 5 heteroatoms. The third kappa shape index (κ3) is 21.7. The zero-order chi connectivity index (χ0) is 20.5. The van der Waals surface area contributed by atoms with Crippen molar-refractivity contribution in [2.24, 2.45) is 0 Å². The van der Waals surface area contributed by atoms with Crippen molar-refractivity contribution in [3.05, 3.63) is 12.3 Å². The number of nitrogens with zero attached hydrogens (tertiary/aromatic N) is 1. The number of hydrogen-bond donors (Lipinski definition) is 2. The Labute approximate surface area is 174 Å². The van der Waals surface area contributed by atoms with Gasteiger partial charge in [-0.15, -0.1) is 5.23 Å². The highest BCUT2D eigenvalue weighted by molar-refractivity contribution is 4.76. The van der Waals surface area contributed by atoms with Crippen LogP contribution in [0.2, 0.25) is 0 Å². The maximum atomic E-state index is 8.82. The topological polar surface area (TPSA) is 62.2 Å². The van der Waals surface area contributed by atoms with Crippen LogP contribution in [0.25, 0.3) is 0 Å². The minimum atomic E-state index is 0.104. The molecule has 0 aromatic carbocycles. The molecule has 0 bridgehead atoms. The summed E-state index contributed by atoms with van der Waals surface area (Å²) in [6.45, 7) is 3.31. The smallest absolute Gasteiger partial charge is 0.0797 e. The van der Waals surface area contributed by atoms with Gasteiger partial charge in [-0.05, 0) is 25.7 Å². The second-order valence-electron chi connectivity index (χ2n) is 7.52. The zero-order valence-electron chi connectivity index (χ0n) is 18.5. The summed E-state index contributed by atoms with van der Waals surface area (Å²) in [5, 5.41) is 19.0. The van der Waals surface area contributed by atoms with Crippen LogP contribution in [0.15, 0.2) is 12.3 Å². The van der Waals surface area contributed by atoms with Gasteiger partial charge in [0.05, 0.1) is 19.4 Å². The van der Waals surface area contributed by atoms with Crippen LogP contribution in [0.1, 0.15) is 110 Å². The first kappa shape index (κ1) is 27.4. The van der Waals surface area contributed by atoms with Crippen molar-refractivity contribution < 1.29 is 19.9 Å². The molecule has 0 spiro atoms. The lowest BCUT2D eigenvalue weighted by atomic mass is 10.0. The summed E-state index contributed by atoms with van der Waals surface area (Å²) in [4.78, 5) is 10.9. The Hall–Kier alpha value is -0.620. The Kier molecular flexibility index (Phi) is 23.9. The Morgan fingerprint density at radius 3 is 1.46 bits per heavy atom. The van der Waals surface area contributed by atoms with Gasteiger partial charge in [0.25, 0.3) is 0 Å². The molecule has 0 saturated carbocycles. The Balaban J connectivity index is 3.49. The van der Waals surface area contributed by atoms with Gasteiger partial charge >= 0.3 is 0 Å². The average molecular weight is 402 g/mol. The number of hydroxylamine groups is 2. The summed E-state index contributed by atoms with van der Waals surface area (Å²) in [5.41, 5.74) is 0. The van der Waals surface area contributed by atoms with Gasteiger partial charge in [-0.25, -0.2) is 9.68 Å². The van der Waals surface area contributed by atoms with Gasteiger partial charge in [0.2, 0.25) is 0 Å². The van der Waals surface area contributed by atoms with E-state index in [0.29, 0.717) is 26.1 Å². The van der Waals surface area contributed by atoms with Crippen molar-refractivity contribution in [3.8, 4) is 0 Å². The summed E-state index contributed by atoms with van der Waals surface area (Å²) < 4.78 is 0. The van der Waals surface area contributed by atoms with Crippen molar-refractivity contribution in [2.75, 3.05) is 26.4 Å². The molecule has 0 aliphatic rings. The van der Waals surface area contributed by atoms with Gasteiger partial charge in [-0.3, -0.25) is 0 Å². The zero-order valence-corrected chi connectivity index (χ0v) is 18.5. The highest BCUT2D eigenvalue weighted by Crippen LogP contribution is 2.13. The largest absolute Gasteiger partial charge is 0.396 e. The molecule has 0 fully saturated rings. The van der Waals surface area contributed by atoms with E-state index in [1.807, 2.05) is 0 Å². The maximum Gasteiger partial charge on any atom is 0.0797 e.